The number of hydrogen-bond donors (Lipinski definition) is 3. The van der Waals surface area contributed by atoms with Crippen LogP contribution >= 0.6 is 0 Å². The van der Waals surface area contributed by atoms with Gasteiger partial charge in [-0.15, -0.1) is 0 Å². The van der Waals surface area contributed by atoms with E-state index in [0.717, 1.165) is 69.6 Å². The summed E-state index contributed by atoms with van der Waals surface area (Å²) in [5, 5.41) is 23.6. The number of rotatable bonds is 4. The number of fused-ring (bicyclic) bond motifs is 2. The third-order valence-electron chi connectivity index (χ3n) is 12.6. The van der Waals surface area contributed by atoms with E-state index in [1.54, 1.807) is 18.7 Å². The summed E-state index contributed by atoms with van der Waals surface area (Å²) >= 11 is 0. The zero-order valence-electron chi connectivity index (χ0n) is 30.8. The van der Waals surface area contributed by atoms with Gasteiger partial charge in [-0.1, -0.05) is 24.3 Å². The van der Waals surface area contributed by atoms with Gasteiger partial charge in [0.25, 0.3) is 5.91 Å². The van der Waals surface area contributed by atoms with Crippen LogP contribution in [0.2, 0.25) is 0 Å². The first-order chi connectivity index (χ1) is 24.1. The fourth-order valence-corrected chi connectivity index (χ4v) is 10.4. The highest BCUT2D eigenvalue weighted by Crippen LogP contribution is 2.68. The summed E-state index contributed by atoms with van der Waals surface area (Å²) in [6, 6.07) is 7.05. The average Bonchev–Trinajstić information content (AvgIpc) is 3.64. The molecule has 268 valence electrons. The van der Waals surface area contributed by atoms with E-state index in [1.165, 1.54) is 11.1 Å². The van der Waals surface area contributed by atoms with E-state index in [0.29, 0.717) is 32.0 Å². The van der Waals surface area contributed by atoms with Crippen molar-refractivity contribution in [2.75, 3.05) is 20.1 Å². The molecule has 9 rings (SSSR count). The molecule has 2 fully saturated rings. The molecule has 2 bridgehead atoms. The normalized spacial score (nSPS) is 31.4. The lowest BCUT2D eigenvalue weighted by atomic mass is 9.50. The summed E-state index contributed by atoms with van der Waals surface area (Å²) in [6.45, 7) is 13.3. The number of aliphatic hydroxyl groups excluding tert-OH is 1. The quantitative estimate of drug-likeness (QED) is 0.296. The second-order valence-electron chi connectivity index (χ2n) is 17.5. The number of amides is 1. The summed E-state index contributed by atoms with van der Waals surface area (Å²) in [7, 11) is 2.23. The molecule has 9 nitrogen and oxygen atoms in total. The fraction of sp³-hybridized carbons (Fsp3) is 0.524. The molecule has 5 heterocycles. The molecule has 1 amide bonds. The maximum atomic E-state index is 13.6. The predicted octanol–water partition coefficient (Wildman–Crippen LogP) is 5.83. The van der Waals surface area contributed by atoms with Gasteiger partial charge in [0.1, 0.15) is 29.2 Å². The van der Waals surface area contributed by atoms with Gasteiger partial charge in [-0.3, -0.25) is 4.79 Å². The second-order valence-corrected chi connectivity index (χ2v) is 17.5. The number of carbonyl (C=O) groups excluding carboxylic acids is 1. The lowest BCUT2D eigenvalue weighted by Crippen LogP contribution is -2.62. The number of aliphatic hydroxyl groups is 2. The van der Waals surface area contributed by atoms with Crippen LogP contribution in [0.5, 0.6) is 0 Å². The number of nitrogens with zero attached hydrogens (tertiary/aromatic N) is 3. The fourth-order valence-electron chi connectivity index (χ4n) is 10.4. The zero-order valence-corrected chi connectivity index (χ0v) is 30.8. The number of hydrogen-bond acceptors (Lipinski definition) is 7. The molecule has 51 heavy (non-hydrogen) atoms. The summed E-state index contributed by atoms with van der Waals surface area (Å²) < 4.78 is 14.7. The second kappa shape index (κ2) is 10.9. The van der Waals surface area contributed by atoms with E-state index in [4.69, 9.17) is 14.5 Å². The van der Waals surface area contributed by atoms with Crippen LogP contribution in [-0.2, 0) is 32.8 Å². The number of aryl methyl sites for hydroxylation is 1. The topological polar surface area (TPSA) is 111 Å². The van der Waals surface area contributed by atoms with Gasteiger partial charge < -0.3 is 34.5 Å². The van der Waals surface area contributed by atoms with Crippen LogP contribution in [0.4, 0.5) is 0 Å². The minimum atomic E-state index is -1.49. The Labute approximate surface area is 300 Å². The first-order valence-electron chi connectivity index (χ1n) is 18.6. The molecule has 0 radical (unpaired) electrons. The third-order valence-corrected chi connectivity index (χ3v) is 12.6. The Bertz CT molecular complexity index is 2080. The number of pyridine rings is 1. The average molecular weight is 691 g/mol. The first kappa shape index (κ1) is 33.1. The van der Waals surface area contributed by atoms with E-state index in [1.807, 2.05) is 18.5 Å². The molecule has 6 atom stereocenters. The van der Waals surface area contributed by atoms with Gasteiger partial charge in [0.15, 0.2) is 5.60 Å². The van der Waals surface area contributed by atoms with Gasteiger partial charge in [0.2, 0.25) is 0 Å². The van der Waals surface area contributed by atoms with Crippen molar-refractivity contribution in [3.05, 3.63) is 88.0 Å². The van der Waals surface area contributed by atoms with E-state index < -0.39 is 29.0 Å². The smallest absolute Gasteiger partial charge is 0.254 e. The van der Waals surface area contributed by atoms with Crippen molar-refractivity contribution >= 4 is 16.9 Å². The number of ether oxygens (including phenoxy) is 2. The molecule has 1 saturated carbocycles. The molecular weight excluding hydrogens is 640 g/mol. The van der Waals surface area contributed by atoms with Crippen LogP contribution in [0, 0.1) is 18.3 Å². The maximum Gasteiger partial charge on any atom is 0.254 e. The van der Waals surface area contributed by atoms with Crippen LogP contribution in [0.1, 0.15) is 76.1 Å². The largest absolute Gasteiger partial charge is 0.487 e. The minimum Gasteiger partial charge on any atom is -0.487 e. The number of benzene rings is 1. The van der Waals surface area contributed by atoms with Crippen molar-refractivity contribution in [3.8, 4) is 11.1 Å². The van der Waals surface area contributed by atoms with Crippen molar-refractivity contribution in [3.63, 3.8) is 0 Å². The van der Waals surface area contributed by atoms with Gasteiger partial charge in [0, 0.05) is 65.8 Å². The summed E-state index contributed by atoms with van der Waals surface area (Å²) in [4.78, 5) is 26.0. The van der Waals surface area contributed by atoms with Crippen molar-refractivity contribution in [2.24, 2.45) is 11.3 Å². The highest BCUT2D eigenvalue weighted by Gasteiger charge is 2.68. The van der Waals surface area contributed by atoms with Crippen LogP contribution in [0.15, 0.2) is 65.7 Å². The third kappa shape index (κ3) is 4.74. The number of piperidine rings is 1. The van der Waals surface area contributed by atoms with E-state index in [9.17, 15) is 15.0 Å². The van der Waals surface area contributed by atoms with Crippen molar-refractivity contribution in [1.29, 1.82) is 0 Å². The Kier molecular flexibility index (Phi) is 7.07. The Morgan fingerprint density at radius 2 is 1.92 bits per heavy atom. The molecule has 3 aliphatic carbocycles. The van der Waals surface area contributed by atoms with Crippen molar-refractivity contribution < 1.29 is 24.5 Å². The molecule has 2 aromatic heterocycles. The van der Waals surface area contributed by atoms with Gasteiger partial charge in [-0.05, 0) is 120 Å². The standard InChI is InChI=1S/C42H50N4O5/c1-23-20-43-37-28(23)17-27(21-44-37)26-16-24-11-14-46(38(48)40(5,6)49)22-29(24)31(18-26)42(51-39(2,3)4)12-10-25-19-32-30-8-9-33(47)35-41(30,13-15-45(32)7)34(25)36(42)50-35/h8-10,16-18,20-21,30,32-33,35,47,49H,11-15,19,22H2,1-7H3,(H,43,44)/t30-,32+,33-,35-,41-,42+/m0/s1. The Balaban J connectivity index is 1.30. The van der Waals surface area contributed by atoms with Crippen molar-refractivity contribution in [1.82, 2.24) is 19.8 Å². The molecule has 3 N–H and O–H groups in total. The Morgan fingerprint density at radius 3 is 2.69 bits per heavy atom. The van der Waals surface area contributed by atoms with Crippen molar-refractivity contribution in [2.45, 2.75) is 109 Å². The molecule has 1 saturated heterocycles. The molecule has 0 unspecified atom stereocenters. The molecule has 1 aromatic carbocycles. The monoisotopic (exact) mass is 690 g/mol. The first-order valence-corrected chi connectivity index (χ1v) is 18.6. The van der Waals surface area contributed by atoms with Gasteiger partial charge in [-0.2, -0.15) is 0 Å². The molecule has 6 aliphatic rings. The number of H-pyrrole nitrogens is 1. The van der Waals surface area contributed by atoms with Crippen LogP contribution in [0.25, 0.3) is 22.2 Å². The van der Waals surface area contributed by atoms with Gasteiger partial charge in [0.05, 0.1) is 5.60 Å². The summed E-state index contributed by atoms with van der Waals surface area (Å²) in [5.74, 6) is 0.765. The minimum absolute atomic E-state index is 0.224. The highest BCUT2D eigenvalue weighted by atomic mass is 16.6. The van der Waals surface area contributed by atoms with E-state index >= 15 is 0 Å². The Hall–Kier alpha value is -3.76. The number of likely N-dealkylation sites (tertiary alicyclic amines) is 1. The molecule has 3 aromatic rings. The Morgan fingerprint density at radius 1 is 1.12 bits per heavy atom. The van der Waals surface area contributed by atoms with Crippen LogP contribution in [-0.4, -0.2) is 85.5 Å². The lowest BCUT2D eigenvalue weighted by molar-refractivity contribution is -0.154. The molecule has 3 aliphatic heterocycles. The van der Waals surface area contributed by atoms with Crippen LogP contribution < -0.4 is 0 Å². The SMILES string of the molecule is Cc1c[nH]c2ncc(-c3cc4c(c([C@]5(OC(C)(C)C)CC=C6C[C@@H]7[C@@H]8C=C[C@H](O)[C@@H]9OC5=C6[C@]89CCN7C)c3)CN(C(=O)C(C)(C)O)CC4)cc12. The van der Waals surface area contributed by atoms with Crippen LogP contribution in [0.3, 0.4) is 0 Å². The number of aromatic nitrogens is 2. The highest BCUT2D eigenvalue weighted by molar-refractivity contribution is 5.86. The molecular formula is C42H50N4O5. The molecule has 1 spiro atoms. The summed E-state index contributed by atoms with van der Waals surface area (Å²) in [5.41, 5.74) is 6.32. The van der Waals surface area contributed by atoms with Gasteiger partial charge in [-0.25, -0.2) is 4.98 Å². The van der Waals surface area contributed by atoms with E-state index in [2.05, 4.69) is 75.0 Å². The number of carbonyl (C=O) groups is 1. The molecule has 9 heteroatoms. The maximum absolute atomic E-state index is 13.6. The van der Waals surface area contributed by atoms with E-state index in [-0.39, 0.29) is 17.2 Å². The number of aromatic amines is 1. The zero-order chi connectivity index (χ0) is 35.8. The predicted molar refractivity (Wildman–Crippen MR) is 196 cm³/mol. The summed E-state index contributed by atoms with van der Waals surface area (Å²) in [6.07, 6.45) is 12.4. The van der Waals surface area contributed by atoms with Gasteiger partial charge >= 0.3 is 0 Å². The lowest BCUT2D eigenvalue weighted by Gasteiger charge is -2.58. The number of nitrogens with one attached hydrogen (secondary N) is 1.